The van der Waals surface area contributed by atoms with Crippen LogP contribution in [0.5, 0.6) is 0 Å². The second-order valence-corrected chi connectivity index (χ2v) is 5.35. The lowest BCUT2D eigenvalue weighted by Crippen LogP contribution is -2.11. The zero-order chi connectivity index (χ0) is 16.6. The Bertz CT molecular complexity index is 839. The van der Waals surface area contributed by atoms with Crippen LogP contribution in [0.2, 0.25) is 0 Å². The summed E-state index contributed by atoms with van der Waals surface area (Å²) in [7, 11) is 0. The fourth-order valence-corrected chi connectivity index (χ4v) is 2.44. The summed E-state index contributed by atoms with van der Waals surface area (Å²) in [6, 6.07) is 6.79. The Kier molecular flexibility index (Phi) is 3.71. The van der Waals surface area contributed by atoms with Gasteiger partial charge >= 0.3 is 6.18 Å². The Balaban J connectivity index is 1.92. The molecule has 3 aromatic rings. The predicted octanol–water partition coefficient (Wildman–Crippen LogP) is 4.46. The summed E-state index contributed by atoms with van der Waals surface area (Å²) in [5.41, 5.74) is 0.574. The van der Waals surface area contributed by atoms with Gasteiger partial charge in [0.15, 0.2) is 0 Å². The standard InChI is InChI=1S/C16H15F3N4/c1-9(11-4-3-5-12(8-11)16(17,18)19)21-15-13-6-7-20-14(13)22-10(2)23-15/h3-9H,1-2H3,(H2,20,21,22,23)/t9-/m1/s1. The fraction of sp³-hybridized carbons (Fsp3) is 0.250. The molecular weight excluding hydrogens is 305 g/mol. The van der Waals surface area contributed by atoms with E-state index in [9.17, 15) is 13.2 Å². The van der Waals surface area contributed by atoms with Gasteiger partial charge < -0.3 is 10.3 Å². The van der Waals surface area contributed by atoms with E-state index >= 15 is 0 Å². The summed E-state index contributed by atoms with van der Waals surface area (Å²) >= 11 is 0. The highest BCUT2D eigenvalue weighted by Gasteiger charge is 2.30. The fourth-order valence-electron chi connectivity index (χ4n) is 2.44. The monoisotopic (exact) mass is 320 g/mol. The minimum Gasteiger partial charge on any atom is -0.363 e. The van der Waals surface area contributed by atoms with Crippen LogP contribution in [0.1, 0.15) is 29.9 Å². The SMILES string of the molecule is Cc1nc(N[C@H](C)c2cccc(C(F)(F)F)c2)c2cc[nH]c2n1. The lowest BCUT2D eigenvalue weighted by atomic mass is 10.0. The molecule has 2 aromatic heterocycles. The number of aromatic amines is 1. The Morgan fingerprint density at radius 2 is 1.96 bits per heavy atom. The highest BCUT2D eigenvalue weighted by atomic mass is 19.4. The molecule has 2 heterocycles. The van der Waals surface area contributed by atoms with Crippen molar-refractivity contribution in [2.45, 2.75) is 26.1 Å². The van der Waals surface area contributed by atoms with Crippen LogP contribution >= 0.6 is 0 Å². The Hall–Kier alpha value is -2.57. The van der Waals surface area contributed by atoms with Gasteiger partial charge in [0.2, 0.25) is 0 Å². The Labute approximate surface area is 130 Å². The van der Waals surface area contributed by atoms with Crippen LogP contribution in [0, 0.1) is 6.92 Å². The highest BCUT2D eigenvalue weighted by Crippen LogP contribution is 2.31. The minimum absolute atomic E-state index is 0.329. The molecule has 0 unspecified atom stereocenters. The summed E-state index contributed by atoms with van der Waals surface area (Å²) in [6.45, 7) is 3.56. The minimum atomic E-state index is -4.35. The number of H-pyrrole nitrogens is 1. The molecule has 0 bridgehead atoms. The zero-order valence-corrected chi connectivity index (χ0v) is 12.6. The topological polar surface area (TPSA) is 53.6 Å². The van der Waals surface area contributed by atoms with E-state index in [2.05, 4.69) is 20.3 Å². The highest BCUT2D eigenvalue weighted by molar-refractivity contribution is 5.87. The molecule has 7 heteroatoms. The molecule has 0 saturated heterocycles. The van der Waals surface area contributed by atoms with Crippen molar-refractivity contribution in [1.82, 2.24) is 15.0 Å². The van der Waals surface area contributed by atoms with Gasteiger partial charge in [0, 0.05) is 12.2 Å². The number of rotatable bonds is 3. The molecule has 0 aliphatic rings. The first kappa shape index (κ1) is 15.3. The predicted molar refractivity (Wildman–Crippen MR) is 82.1 cm³/mol. The second kappa shape index (κ2) is 5.57. The van der Waals surface area contributed by atoms with Crippen molar-refractivity contribution in [3.8, 4) is 0 Å². The summed E-state index contributed by atoms with van der Waals surface area (Å²) < 4.78 is 38.5. The average molecular weight is 320 g/mol. The van der Waals surface area contributed by atoms with Crippen molar-refractivity contribution in [2.24, 2.45) is 0 Å². The maximum atomic E-state index is 12.8. The lowest BCUT2D eigenvalue weighted by Gasteiger charge is -2.17. The van der Waals surface area contributed by atoms with Gasteiger partial charge in [-0.05, 0) is 37.6 Å². The van der Waals surface area contributed by atoms with E-state index in [1.54, 1.807) is 26.1 Å². The number of hydrogen-bond acceptors (Lipinski definition) is 3. The van der Waals surface area contributed by atoms with E-state index in [1.165, 1.54) is 6.07 Å². The van der Waals surface area contributed by atoms with Crippen molar-refractivity contribution < 1.29 is 13.2 Å². The molecule has 1 atom stereocenters. The quantitative estimate of drug-likeness (QED) is 0.749. The molecule has 4 nitrogen and oxygen atoms in total. The van der Waals surface area contributed by atoms with Gasteiger partial charge in [-0.2, -0.15) is 13.2 Å². The van der Waals surface area contributed by atoms with Gasteiger partial charge in [-0.3, -0.25) is 0 Å². The molecule has 0 fully saturated rings. The number of hydrogen-bond donors (Lipinski definition) is 2. The molecule has 1 aromatic carbocycles. The molecule has 2 N–H and O–H groups in total. The number of halogens is 3. The van der Waals surface area contributed by atoms with E-state index in [4.69, 9.17) is 0 Å². The largest absolute Gasteiger partial charge is 0.416 e. The van der Waals surface area contributed by atoms with Gasteiger partial charge in [0.25, 0.3) is 0 Å². The Morgan fingerprint density at radius 1 is 1.17 bits per heavy atom. The van der Waals surface area contributed by atoms with Crippen LogP contribution < -0.4 is 5.32 Å². The number of benzene rings is 1. The van der Waals surface area contributed by atoms with E-state index in [-0.39, 0.29) is 6.04 Å². The first-order valence-corrected chi connectivity index (χ1v) is 7.10. The van der Waals surface area contributed by atoms with Crippen LogP contribution in [-0.2, 0) is 6.18 Å². The Morgan fingerprint density at radius 3 is 2.70 bits per heavy atom. The van der Waals surface area contributed by atoms with Crippen molar-refractivity contribution >= 4 is 16.9 Å². The van der Waals surface area contributed by atoms with Crippen molar-refractivity contribution in [3.63, 3.8) is 0 Å². The van der Waals surface area contributed by atoms with Crippen LogP contribution in [0.4, 0.5) is 19.0 Å². The molecule has 23 heavy (non-hydrogen) atoms. The van der Waals surface area contributed by atoms with Crippen molar-refractivity contribution in [2.75, 3.05) is 5.32 Å². The van der Waals surface area contributed by atoms with E-state index in [1.807, 2.05) is 6.07 Å². The van der Waals surface area contributed by atoms with E-state index < -0.39 is 11.7 Å². The van der Waals surface area contributed by atoms with E-state index in [0.29, 0.717) is 22.9 Å². The molecule has 0 aliphatic heterocycles. The summed E-state index contributed by atoms with van der Waals surface area (Å²) in [5, 5.41) is 3.97. The second-order valence-electron chi connectivity index (χ2n) is 5.35. The van der Waals surface area contributed by atoms with Crippen LogP contribution in [0.25, 0.3) is 11.0 Å². The maximum Gasteiger partial charge on any atom is 0.416 e. The third-order valence-electron chi connectivity index (χ3n) is 3.59. The van der Waals surface area contributed by atoms with Gasteiger partial charge in [-0.1, -0.05) is 12.1 Å². The normalized spacial score (nSPS) is 13.3. The van der Waals surface area contributed by atoms with Crippen molar-refractivity contribution in [3.05, 3.63) is 53.5 Å². The molecule has 0 aliphatic carbocycles. The number of anilines is 1. The number of fused-ring (bicyclic) bond motifs is 1. The molecule has 0 saturated carbocycles. The average Bonchev–Trinajstić information content (AvgIpc) is 2.94. The maximum absolute atomic E-state index is 12.8. The molecular formula is C16H15F3N4. The number of aromatic nitrogens is 3. The van der Waals surface area contributed by atoms with Gasteiger partial charge in [-0.15, -0.1) is 0 Å². The third-order valence-corrected chi connectivity index (χ3v) is 3.59. The van der Waals surface area contributed by atoms with Gasteiger partial charge in [0.05, 0.1) is 10.9 Å². The number of aryl methyl sites for hydroxylation is 1. The van der Waals surface area contributed by atoms with Crippen molar-refractivity contribution in [1.29, 1.82) is 0 Å². The first-order chi connectivity index (χ1) is 10.8. The molecule has 3 rings (SSSR count). The number of nitrogens with one attached hydrogen (secondary N) is 2. The summed E-state index contributed by atoms with van der Waals surface area (Å²) in [5.74, 6) is 1.18. The van der Waals surface area contributed by atoms with E-state index in [0.717, 1.165) is 17.5 Å². The number of nitrogens with zero attached hydrogens (tertiary/aromatic N) is 2. The third kappa shape index (κ3) is 3.13. The number of alkyl halides is 3. The lowest BCUT2D eigenvalue weighted by molar-refractivity contribution is -0.137. The van der Waals surface area contributed by atoms with Crippen LogP contribution in [0.3, 0.4) is 0 Å². The summed E-state index contributed by atoms with van der Waals surface area (Å²) in [4.78, 5) is 11.6. The molecule has 0 amide bonds. The molecule has 120 valence electrons. The smallest absolute Gasteiger partial charge is 0.363 e. The zero-order valence-electron chi connectivity index (χ0n) is 12.6. The van der Waals surface area contributed by atoms with Gasteiger partial charge in [0.1, 0.15) is 17.3 Å². The van der Waals surface area contributed by atoms with Crippen LogP contribution in [-0.4, -0.2) is 15.0 Å². The first-order valence-electron chi connectivity index (χ1n) is 7.10. The van der Waals surface area contributed by atoms with Gasteiger partial charge in [-0.25, -0.2) is 9.97 Å². The van der Waals surface area contributed by atoms with Crippen LogP contribution in [0.15, 0.2) is 36.5 Å². The molecule has 0 radical (unpaired) electrons. The molecule has 0 spiro atoms. The summed E-state index contributed by atoms with van der Waals surface area (Å²) in [6.07, 6.45) is -2.60.